The van der Waals surface area contributed by atoms with Crippen molar-refractivity contribution in [3.05, 3.63) is 18.0 Å². The van der Waals surface area contributed by atoms with E-state index in [1.165, 1.54) is 0 Å². The van der Waals surface area contributed by atoms with Gasteiger partial charge in [-0.05, 0) is 12.5 Å². The quantitative estimate of drug-likeness (QED) is 0.893. The van der Waals surface area contributed by atoms with Crippen LogP contribution in [0.1, 0.15) is 36.7 Å². The molecule has 0 radical (unpaired) electrons. The van der Waals surface area contributed by atoms with Crippen LogP contribution in [0.4, 0.5) is 5.95 Å². The van der Waals surface area contributed by atoms with Gasteiger partial charge in [-0.2, -0.15) is 0 Å². The second-order valence-corrected chi connectivity index (χ2v) is 5.59. The molecule has 0 atom stereocenters. The first-order valence-corrected chi connectivity index (χ1v) is 7.86. The Bertz CT molecular complexity index is 521. The Morgan fingerprint density at radius 1 is 1.36 bits per heavy atom. The molecule has 0 aliphatic carbocycles. The van der Waals surface area contributed by atoms with Crippen molar-refractivity contribution in [2.45, 2.75) is 32.0 Å². The molecule has 2 aliphatic heterocycles. The first-order chi connectivity index (χ1) is 10.7. The van der Waals surface area contributed by atoms with E-state index in [2.05, 4.69) is 20.2 Å². The van der Waals surface area contributed by atoms with Gasteiger partial charge in [0.05, 0.1) is 13.2 Å². The number of carbonyl (C=O) groups excluding carboxylic acids is 1. The van der Waals surface area contributed by atoms with Gasteiger partial charge in [-0.15, -0.1) is 0 Å². The summed E-state index contributed by atoms with van der Waals surface area (Å²) in [6.07, 6.45) is 4.12. The van der Waals surface area contributed by atoms with E-state index in [1.807, 2.05) is 6.92 Å². The average Bonchev–Trinajstić information content (AvgIpc) is 3.01. The summed E-state index contributed by atoms with van der Waals surface area (Å²) in [4.78, 5) is 22.7. The van der Waals surface area contributed by atoms with Crippen LogP contribution in [-0.2, 0) is 9.47 Å². The largest absolute Gasteiger partial charge is 0.351 e. The van der Waals surface area contributed by atoms with Crippen molar-refractivity contribution < 1.29 is 14.3 Å². The van der Waals surface area contributed by atoms with Crippen LogP contribution in [0.2, 0.25) is 0 Å². The summed E-state index contributed by atoms with van der Waals surface area (Å²) in [6, 6.07) is 1.64. The molecule has 1 aromatic rings. The lowest BCUT2D eigenvalue weighted by atomic mass is 10.0. The predicted octanol–water partition coefficient (Wildman–Crippen LogP) is 0.960. The minimum absolute atomic E-state index is 0.151. The third kappa shape index (κ3) is 3.20. The number of anilines is 1. The third-order valence-corrected chi connectivity index (χ3v) is 4.03. The highest BCUT2D eigenvalue weighted by molar-refractivity contribution is 5.92. The normalized spacial score (nSPS) is 20.3. The van der Waals surface area contributed by atoms with Gasteiger partial charge < -0.3 is 19.7 Å². The molecule has 7 heteroatoms. The Balaban J connectivity index is 1.64. The first kappa shape index (κ1) is 15.2. The molecule has 0 unspecified atom stereocenters. The van der Waals surface area contributed by atoms with E-state index in [0.717, 1.165) is 32.4 Å². The Morgan fingerprint density at radius 2 is 2.09 bits per heavy atom. The summed E-state index contributed by atoms with van der Waals surface area (Å²) in [6.45, 7) is 5.54. The molecule has 0 bridgehead atoms. The fourth-order valence-corrected chi connectivity index (χ4v) is 2.79. The second-order valence-electron chi connectivity index (χ2n) is 5.59. The standard InChI is InChI=1S/C15H22N4O3/c1-2-6-16-13(20)12-3-7-17-14(18-12)19-8-4-15(5-9-19)21-10-11-22-15/h3,7H,2,4-6,8-11H2,1H3,(H,16,20). The van der Waals surface area contributed by atoms with E-state index in [4.69, 9.17) is 9.47 Å². The monoisotopic (exact) mass is 306 g/mol. The molecule has 1 amide bonds. The highest BCUT2D eigenvalue weighted by Gasteiger charge is 2.40. The summed E-state index contributed by atoms with van der Waals surface area (Å²) in [5.41, 5.74) is 0.409. The Morgan fingerprint density at radius 3 is 2.77 bits per heavy atom. The van der Waals surface area contributed by atoms with Crippen LogP contribution in [0.15, 0.2) is 12.3 Å². The van der Waals surface area contributed by atoms with Crippen molar-refractivity contribution in [1.29, 1.82) is 0 Å². The molecule has 0 aromatic carbocycles. The zero-order valence-electron chi connectivity index (χ0n) is 12.9. The molecule has 0 saturated carbocycles. The summed E-state index contributed by atoms with van der Waals surface area (Å²) in [5.74, 6) is 0.0329. The fraction of sp³-hybridized carbons (Fsp3) is 0.667. The van der Waals surface area contributed by atoms with Crippen molar-refractivity contribution in [3.8, 4) is 0 Å². The van der Waals surface area contributed by atoms with Crippen LogP contribution in [0.25, 0.3) is 0 Å². The number of nitrogens with zero attached hydrogens (tertiary/aromatic N) is 3. The average molecular weight is 306 g/mol. The molecule has 1 spiro atoms. The van der Waals surface area contributed by atoms with E-state index in [-0.39, 0.29) is 5.91 Å². The van der Waals surface area contributed by atoms with Crippen LogP contribution in [0.5, 0.6) is 0 Å². The number of hydrogen-bond acceptors (Lipinski definition) is 6. The number of rotatable bonds is 4. The molecule has 1 N–H and O–H groups in total. The highest BCUT2D eigenvalue weighted by atomic mass is 16.7. The molecule has 7 nitrogen and oxygen atoms in total. The smallest absolute Gasteiger partial charge is 0.270 e. The number of hydrogen-bond donors (Lipinski definition) is 1. The number of amides is 1. The summed E-state index contributed by atoms with van der Waals surface area (Å²) in [5, 5.41) is 2.83. The van der Waals surface area contributed by atoms with Gasteiger partial charge in [0.25, 0.3) is 5.91 Å². The van der Waals surface area contributed by atoms with Crippen molar-refractivity contribution in [1.82, 2.24) is 15.3 Å². The van der Waals surface area contributed by atoms with E-state index < -0.39 is 5.79 Å². The van der Waals surface area contributed by atoms with Gasteiger partial charge in [-0.25, -0.2) is 9.97 Å². The topological polar surface area (TPSA) is 76.6 Å². The van der Waals surface area contributed by atoms with E-state index >= 15 is 0 Å². The van der Waals surface area contributed by atoms with Crippen molar-refractivity contribution in [2.24, 2.45) is 0 Å². The predicted molar refractivity (Wildman–Crippen MR) is 80.7 cm³/mol. The van der Waals surface area contributed by atoms with Gasteiger partial charge >= 0.3 is 0 Å². The Labute approximate surface area is 130 Å². The summed E-state index contributed by atoms with van der Waals surface area (Å²) >= 11 is 0. The lowest BCUT2D eigenvalue weighted by molar-refractivity contribution is -0.169. The van der Waals surface area contributed by atoms with Gasteiger partial charge in [0.1, 0.15) is 5.69 Å². The van der Waals surface area contributed by atoms with Gasteiger partial charge in [0, 0.05) is 38.7 Å². The lowest BCUT2D eigenvalue weighted by Crippen LogP contribution is -2.45. The molecular weight excluding hydrogens is 284 g/mol. The number of piperidine rings is 1. The van der Waals surface area contributed by atoms with Gasteiger partial charge in [-0.3, -0.25) is 4.79 Å². The van der Waals surface area contributed by atoms with Crippen LogP contribution >= 0.6 is 0 Å². The zero-order chi connectivity index (χ0) is 15.4. The molecule has 1 aromatic heterocycles. The molecular formula is C15H22N4O3. The molecule has 120 valence electrons. The van der Waals surface area contributed by atoms with Gasteiger partial charge in [-0.1, -0.05) is 6.92 Å². The molecule has 22 heavy (non-hydrogen) atoms. The third-order valence-electron chi connectivity index (χ3n) is 4.03. The molecule has 3 rings (SSSR count). The number of nitrogens with one attached hydrogen (secondary N) is 1. The van der Waals surface area contributed by atoms with Crippen LogP contribution < -0.4 is 10.2 Å². The lowest BCUT2D eigenvalue weighted by Gasteiger charge is -2.37. The van der Waals surface area contributed by atoms with Crippen LogP contribution in [0.3, 0.4) is 0 Å². The minimum Gasteiger partial charge on any atom is -0.351 e. The second kappa shape index (κ2) is 6.58. The number of ether oxygens (including phenoxy) is 2. The van der Waals surface area contributed by atoms with Crippen LogP contribution in [-0.4, -0.2) is 54.5 Å². The van der Waals surface area contributed by atoms with Crippen molar-refractivity contribution >= 4 is 11.9 Å². The zero-order valence-corrected chi connectivity index (χ0v) is 12.9. The first-order valence-electron chi connectivity index (χ1n) is 7.86. The number of carbonyl (C=O) groups is 1. The highest BCUT2D eigenvalue weighted by Crippen LogP contribution is 2.32. The maximum Gasteiger partial charge on any atom is 0.270 e. The molecule has 2 fully saturated rings. The van der Waals surface area contributed by atoms with Gasteiger partial charge in [0.2, 0.25) is 5.95 Å². The maximum absolute atomic E-state index is 12.0. The Kier molecular flexibility index (Phi) is 4.54. The van der Waals surface area contributed by atoms with Crippen molar-refractivity contribution in [2.75, 3.05) is 37.7 Å². The summed E-state index contributed by atoms with van der Waals surface area (Å²) in [7, 11) is 0. The maximum atomic E-state index is 12.0. The van der Waals surface area contributed by atoms with E-state index in [1.54, 1.807) is 12.3 Å². The molecule has 2 saturated heterocycles. The Hall–Kier alpha value is -1.73. The molecule has 2 aliphatic rings. The molecule has 3 heterocycles. The fourth-order valence-electron chi connectivity index (χ4n) is 2.79. The van der Waals surface area contributed by atoms with Gasteiger partial charge in [0.15, 0.2) is 5.79 Å². The van der Waals surface area contributed by atoms with E-state index in [9.17, 15) is 4.79 Å². The SMILES string of the molecule is CCCNC(=O)c1ccnc(N2CCC3(CC2)OCCO3)n1. The minimum atomic E-state index is -0.410. The number of aromatic nitrogens is 2. The summed E-state index contributed by atoms with van der Waals surface area (Å²) < 4.78 is 11.4. The van der Waals surface area contributed by atoms with Crippen molar-refractivity contribution in [3.63, 3.8) is 0 Å². The van der Waals surface area contributed by atoms with Crippen LogP contribution in [0, 0.1) is 0 Å². The van der Waals surface area contributed by atoms with E-state index in [0.29, 0.717) is 31.4 Å².